The molecule has 0 saturated heterocycles. The average molecular weight is 470 g/mol. The van der Waals surface area contributed by atoms with E-state index < -0.39 is 48.0 Å². The number of halogens is 4. The van der Waals surface area contributed by atoms with Gasteiger partial charge in [0.1, 0.15) is 23.7 Å². The first kappa shape index (κ1) is 24.4. The van der Waals surface area contributed by atoms with E-state index in [4.69, 9.17) is 15.2 Å². The predicted molar refractivity (Wildman–Crippen MR) is 109 cm³/mol. The molecule has 1 aliphatic rings. The third kappa shape index (κ3) is 4.90. The SMILES string of the molecule is COCC(F)(F)[C@H]1OC(N)=N[C@](C)(c2cc(CC(=O)c3cnc(OC)cn3)ccc2F)[C@H]1F. The molecule has 0 saturated carbocycles. The Morgan fingerprint density at radius 1 is 1.27 bits per heavy atom. The fraction of sp³-hybridized carbons (Fsp3) is 0.429. The van der Waals surface area contributed by atoms with Gasteiger partial charge in [-0.25, -0.2) is 23.7 Å². The van der Waals surface area contributed by atoms with E-state index in [9.17, 15) is 18.0 Å². The van der Waals surface area contributed by atoms with Crippen LogP contribution in [0.3, 0.4) is 0 Å². The smallest absolute Gasteiger partial charge is 0.309 e. The molecular weight excluding hydrogens is 448 g/mol. The zero-order valence-corrected chi connectivity index (χ0v) is 18.0. The highest BCUT2D eigenvalue weighted by Gasteiger charge is 2.57. The number of nitrogens with two attached hydrogens (primary N) is 1. The van der Waals surface area contributed by atoms with Gasteiger partial charge in [-0.1, -0.05) is 6.07 Å². The van der Waals surface area contributed by atoms with E-state index in [1.165, 1.54) is 31.6 Å². The fourth-order valence-corrected chi connectivity index (χ4v) is 3.50. The molecule has 2 N–H and O–H groups in total. The lowest BCUT2D eigenvalue weighted by atomic mass is 9.81. The molecule has 0 amide bonds. The third-order valence-electron chi connectivity index (χ3n) is 5.21. The summed E-state index contributed by atoms with van der Waals surface area (Å²) >= 11 is 0. The zero-order valence-electron chi connectivity index (χ0n) is 18.0. The first-order valence-electron chi connectivity index (χ1n) is 9.72. The number of carbonyl (C=O) groups excluding carboxylic acids is 1. The lowest BCUT2D eigenvalue weighted by Gasteiger charge is -2.41. The molecule has 0 radical (unpaired) electrons. The Hall–Kier alpha value is -3.28. The van der Waals surface area contributed by atoms with Crippen LogP contribution in [0.5, 0.6) is 5.88 Å². The molecule has 0 spiro atoms. The lowest BCUT2D eigenvalue weighted by molar-refractivity contribution is -0.174. The Balaban J connectivity index is 1.94. The second-order valence-electron chi connectivity index (χ2n) is 7.59. The number of hydrogen-bond donors (Lipinski definition) is 1. The third-order valence-corrected chi connectivity index (χ3v) is 5.21. The van der Waals surface area contributed by atoms with E-state index in [0.717, 1.165) is 20.1 Å². The van der Waals surface area contributed by atoms with Gasteiger partial charge < -0.3 is 19.9 Å². The maximum absolute atomic E-state index is 15.4. The van der Waals surface area contributed by atoms with Crippen LogP contribution in [-0.4, -0.2) is 60.8 Å². The second kappa shape index (κ2) is 9.30. The monoisotopic (exact) mass is 470 g/mol. The number of ketones is 1. The largest absolute Gasteiger partial charge is 0.480 e. The van der Waals surface area contributed by atoms with E-state index >= 15 is 4.39 Å². The molecule has 178 valence electrons. The van der Waals surface area contributed by atoms with Gasteiger partial charge in [0.2, 0.25) is 12.0 Å². The number of Topliss-reactive ketones (excluding diaryl/α,β-unsaturated/α-hetero) is 1. The van der Waals surface area contributed by atoms with Crippen molar-refractivity contribution in [3.8, 4) is 5.88 Å². The summed E-state index contributed by atoms with van der Waals surface area (Å²) in [4.78, 5) is 24.2. The van der Waals surface area contributed by atoms with E-state index in [2.05, 4.69) is 19.7 Å². The van der Waals surface area contributed by atoms with E-state index in [0.29, 0.717) is 0 Å². The number of methoxy groups -OCH3 is 2. The van der Waals surface area contributed by atoms with Gasteiger partial charge in [-0.15, -0.1) is 0 Å². The molecule has 3 rings (SSSR count). The summed E-state index contributed by atoms with van der Waals surface area (Å²) in [6.07, 6.45) is -2.60. The second-order valence-corrected chi connectivity index (χ2v) is 7.59. The number of nitrogens with zero attached hydrogens (tertiary/aromatic N) is 3. The minimum Gasteiger partial charge on any atom is -0.480 e. The van der Waals surface area contributed by atoms with Crippen molar-refractivity contribution in [1.29, 1.82) is 0 Å². The summed E-state index contributed by atoms with van der Waals surface area (Å²) in [5.74, 6) is -4.92. The predicted octanol–water partition coefficient (Wildman–Crippen LogP) is 2.60. The highest BCUT2D eigenvalue weighted by atomic mass is 19.3. The van der Waals surface area contributed by atoms with Gasteiger partial charge in [0.15, 0.2) is 12.0 Å². The van der Waals surface area contributed by atoms with Crippen molar-refractivity contribution in [2.45, 2.75) is 37.1 Å². The average Bonchev–Trinajstić information content (AvgIpc) is 2.77. The van der Waals surface area contributed by atoms with Gasteiger partial charge in [-0.05, 0) is 24.6 Å². The Bertz CT molecular complexity index is 1050. The first-order chi connectivity index (χ1) is 15.5. The van der Waals surface area contributed by atoms with Crippen molar-refractivity contribution < 1.29 is 36.6 Å². The molecule has 0 aliphatic carbocycles. The summed E-state index contributed by atoms with van der Waals surface area (Å²) < 4.78 is 73.1. The number of aliphatic imine (C=N–C) groups is 1. The molecule has 1 aromatic carbocycles. The Kier molecular flexibility index (Phi) is 6.86. The topological polar surface area (TPSA) is 109 Å². The highest BCUT2D eigenvalue weighted by molar-refractivity contribution is 5.95. The van der Waals surface area contributed by atoms with Crippen molar-refractivity contribution in [2.75, 3.05) is 20.8 Å². The van der Waals surface area contributed by atoms with Crippen molar-refractivity contribution in [3.63, 3.8) is 0 Å². The Morgan fingerprint density at radius 3 is 2.61 bits per heavy atom. The van der Waals surface area contributed by atoms with Crippen LogP contribution in [0.15, 0.2) is 35.6 Å². The Labute approximate surface area is 186 Å². The number of carbonyl (C=O) groups is 1. The maximum Gasteiger partial charge on any atom is 0.309 e. The summed E-state index contributed by atoms with van der Waals surface area (Å²) in [6, 6.07) is 2.78. The number of aromatic nitrogens is 2. The summed E-state index contributed by atoms with van der Waals surface area (Å²) in [6.45, 7) is -0.0107. The molecule has 1 aliphatic heterocycles. The van der Waals surface area contributed by atoms with Crippen LogP contribution in [0.25, 0.3) is 0 Å². The maximum atomic E-state index is 15.4. The number of hydrogen-bond acceptors (Lipinski definition) is 8. The van der Waals surface area contributed by atoms with Gasteiger partial charge >= 0.3 is 5.92 Å². The summed E-state index contributed by atoms with van der Waals surface area (Å²) in [7, 11) is 2.42. The van der Waals surface area contributed by atoms with E-state index in [1.54, 1.807) is 0 Å². The number of amidine groups is 1. The van der Waals surface area contributed by atoms with Gasteiger partial charge in [-0.2, -0.15) is 8.78 Å². The van der Waals surface area contributed by atoms with Gasteiger partial charge in [0, 0.05) is 19.1 Å². The molecule has 8 nitrogen and oxygen atoms in total. The lowest BCUT2D eigenvalue weighted by Crippen LogP contribution is -2.57. The number of ether oxygens (including phenoxy) is 3. The quantitative estimate of drug-likeness (QED) is 0.467. The zero-order chi connectivity index (χ0) is 24.4. The minimum absolute atomic E-state index is 0.0314. The van der Waals surface area contributed by atoms with Gasteiger partial charge in [-0.3, -0.25) is 4.79 Å². The van der Waals surface area contributed by atoms with Crippen LogP contribution in [0.2, 0.25) is 0 Å². The van der Waals surface area contributed by atoms with Crippen molar-refractivity contribution in [1.82, 2.24) is 9.97 Å². The molecule has 0 bridgehead atoms. The van der Waals surface area contributed by atoms with E-state index in [1.807, 2.05) is 0 Å². The molecule has 2 aromatic rings. The molecular formula is C21H22F4N4O4. The first-order valence-corrected chi connectivity index (χ1v) is 9.72. The van der Waals surface area contributed by atoms with Gasteiger partial charge in [0.25, 0.3) is 6.02 Å². The summed E-state index contributed by atoms with van der Waals surface area (Å²) in [5, 5.41) is 0. The van der Waals surface area contributed by atoms with Crippen LogP contribution >= 0.6 is 0 Å². The molecule has 0 fully saturated rings. The standard InChI is InChI=1S/C21H22F4N4O4/c1-20(17(23)18(33-19(26)29-20)21(24,25)10-31-2)12-6-11(4-5-13(12)22)7-15(30)14-8-28-16(32-3)9-27-14/h4-6,8-9,17-18H,7,10H2,1-3H3,(H2,26,29)/t17-,18-,20+/m0/s1. The number of rotatable bonds is 8. The fourth-order valence-electron chi connectivity index (χ4n) is 3.50. The Morgan fingerprint density at radius 2 is 2.00 bits per heavy atom. The van der Waals surface area contributed by atoms with Crippen molar-refractivity contribution in [2.24, 2.45) is 10.7 Å². The van der Waals surface area contributed by atoms with Crippen LogP contribution in [0.1, 0.15) is 28.5 Å². The van der Waals surface area contributed by atoms with Gasteiger partial charge in [0.05, 0.1) is 19.5 Å². The van der Waals surface area contributed by atoms with Crippen LogP contribution < -0.4 is 10.5 Å². The van der Waals surface area contributed by atoms with Crippen molar-refractivity contribution >= 4 is 11.8 Å². The molecule has 0 unspecified atom stereocenters. The molecule has 12 heteroatoms. The molecule has 2 heterocycles. The number of alkyl halides is 3. The van der Waals surface area contributed by atoms with Crippen LogP contribution in [0.4, 0.5) is 17.6 Å². The minimum atomic E-state index is -3.77. The van der Waals surface area contributed by atoms with Crippen molar-refractivity contribution in [3.05, 3.63) is 53.2 Å². The van der Waals surface area contributed by atoms with Crippen LogP contribution in [0, 0.1) is 5.82 Å². The number of benzene rings is 1. The van der Waals surface area contributed by atoms with E-state index in [-0.39, 0.29) is 29.1 Å². The normalized spacial score (nSPS) is 22.9. The highest BCUT2D eigenvalue weighted by Crippen LogP contribution is 2.42. The molecule has 33 heavy (non-hydrogen) atoms. The molecule has 3 atom stereocenters. The van der Waals surface area contributed by atoms with Crippen LogP contribution in [-0.2, 0) is 21.4 Å². The summed E-state index contributed by atoms with van der Waals surface area (Å²) in [5.41, 5.74) is 3.36. The molecule has 1 aromatic heterocycles.